The van der Waals surface area contributed by atoms with Gasteiger partial charge in [-0.3, -0.25) is 0 Å². The maximum Gasteiger partial charge on any atom is 0.494 e. The lowest BCUT2D eigenvalue weighted by Crippen LogP contribution is -1.82. The molecule has 0 spiro atoms. The van der Waals surface area contributed by atoms with E-state index in [2.05, 4.69) is 4.52 Å². The summed E-state index contributed by atoms with van der Waals surface area (Å²) in [5.74, 6) is 0. The van der Waals surface area contributed by atoms with Crippen molar-refractivity contribution in [1.29, 1.82) is 0 Å². The van der Waals surface area contributed by atoms with E-state index in [1.165, 1.54) is 0 Å². The highest BCUT2D eigenvalue weighted by Crippen LogP contribution is 1.92. The second-order valence-corrected chi connectivity index (χ2v) is 1.34. The summed E-state index contributed by atoms with van der Waals surface area (Å²) in [6, 6.07) is 0. The summed E-state index contributed by atoms with van der Waals surface area (Å²) in [5, 5.41) is 0. The Morgan fingerprint density at radius 2 is 2.43 bits per heavy atom. The first-order valence-corrected chi connectivity index (χ1v) is 2.66. The van der Waals surface area contributed by atoms with E-state index in [1.54, 1.807) is 0 Å². The van der Waals surface area contributed by atoms with Gasteiger partial charge in [0.15, 0.2) is 0 Å². The molecule has 0 aromatic rings. The van der Waals surface area contributed by atoms with Crippen molar-refractivity contribution in [2.24, 2.45) is 0 Å². The molecule has 40 valence electrons. The van der Waals surface area contributed by atoms with Gasteiger partial charge in [0.2, 0.25) is 0 Å². The summed E-state index contributed by atoms with van der Waals surface area (Å²) in [6.45, 7) is 0.269. The van der Waals surface area contributed by atoms with E-state index in [-0.39, 0.29) is 6.61 Å². The van der Waals surface area contributed by atoms with Gasteiger partial charge >= 0.3 is 8.69 Å². The van der Waals surface area contributed by atoms with Crippen LogP contribution in [0.25, 0.3) is 0 Å². The van der Waals surface area contributed by atoms with Crippen molar-refractivity contribution in [3.63, 3.8) is 0 Å². The molecule has 0 saturated carbocycles. The second-order valence-electron chi connectivity index (χ2n) is 0.887. The SMILES string of the molecule is O=CCCO[PH+]=O. The van der Waals surface area contributed by atoms with Crippen LogP contribution < -0.4 is 0 Å². The maximum atomic E-state index is 9.50. The van der Waals surface area contributed by atoms with Gasteiger partial charge in [-0.05, 0) is 4.57 Å². The van der Waals surface area contributed by atoms with Crippen molar-refractivity contribution in [1.82, 2.24) is 0 Å². The molecule has 1 unspecified atom stereocenters. The van der Waals surface area contributed by atoms with Gasteiger partial charge < -0.3 is 4.79 Å². The number of aldehydes is 1. The summed E-state index contributed by atoms with van der Waals surface area (Å²) in [4.78, 5) is 9.50. The van der Waals surface area contributed by atoms with E-state index in [4.69, 9.17) is 0 Å². The van der Waals surface area contributed by atoms with Crippen LogP contribution >= 0.6 is 8.69 Å². The zero-order chi connectivity index (χ0) is 5.54. The van der Waals surface area contributed by atoms with Gasteiger partial charge in [0, 0.05) is 6.42 Å². The van der Waals surface area contributed by atoms with E-state index in [0.717, 1.165) is 6.29 Å². The minimum absolute atomic E-state index is 0.269. The molecule has 0 aromatic heterocycles. The molecule has 0 bridgehead atoms. The standard InChI is InChI=1S/C3H6O3P/c4-2-1-3-6-7-5/h2,7H,1,3H2/q+1. The van der Waals surface area contributed by atoms with Crippen molar-refractivity contribution >= 4 is 15.0 Å². The summed E-state index contributed by atoms with van der Waals surface area (Å²) in [7, 11) is -0.741. The van der Waals surface area contributed by atoms with E-state index < -0.39 is 8.69 Å². The van der Waals surface area contributed by atoms with Crippen LogP contribution in [0.3, 0.4) is 0 Å². The molecule has 0 aliphatic carbocycles. The molecule has 0 fully saturated rings. The fourth-order valence-electron chi connectivity index (χ4n) is 0.149. The average Bonchev–Trinajstić information content (AvgIpc) is 1.69. The van der Waals surface area contributed by atoms with Crippen LogP contribution in [0.2, 0.25) is 0 Å². The van der Waals surface area contributed by atoms with Crippen LogP contribution in [0.4, 0.5) is 0 Å². The molecule has 0 aliphatic rings. The Labute approximate surface area is 43.0 Å². The fourth-order valence-corrected chi connectivity index (χ4v) is 0.350. The predicted octanol–water partition coefficient (Wildman–Crippen LogP) is 0.531. The Kier molecular flexibility index (Phi) is 5.51. The highest BCUT2D eigenvalue weighted by atomic mass is 31.1. The Hall–Kier alpha value is -0.270. The highest BCUT2D eigenvalue weighted by Gasteiger charge is 1.87. The van der Waals surface area contributed by atoms with Crippen LogP contribution in [-0.2, 0) is 13.9 Å². The van der Waals surface area contributed by atoms with E-state index >= 15 is 0 Å². The van der Waals surface area contributed by atoms with E-state index in [9.17, 15) is 9.36 Å². The Morgan fingerprint density at radius 3 is 2.86 bits per heavy atom. The first-order chi connectivity index (χ1) is 3.41. The minimum atomic E-state index is -0.741. The number of hydrogen-bond acceptors (Lipinski definition) is 3. The molecule has 0 rings (SSSR count). The average molecular weight is 121 g/mol. The van der Waals surface area contributed by atoms with Crippen molar-refractivity contribution in [2.75, 3.05) is 6.61 Å². The predicted molar refractivity (Wildman–Crippen MR) is 25.6 cm³/mol. The quantitative estimate of drug-likeness (QED) is 0.309. The van der Waals surface area contributed by atoms with Gasteiger partial charge in [0.1, 0.15) is 12.9 Å². The fraction of sp³-hybridized carbons (Fsp3) is 0.667. The van der Waals surface area contributed by atoms with Crippen molar-refractivity contribution < 1.29 is 13.9 Å². The molecule has 0 N–H and O–H groups in total. The van der Waals surface area contributed by atoms with Gasteiger partial charge in [-0.25, -0.2) is 0 Å². The molecule has 0 aromatic carbocycles. The summed E-state index contributed by atoms with van der Waals surface area (Å²) in [5.41, 5.74) is 0. The summed E-state index contributed by atoms with van der Waals surface area (Å²) in [6.07, 6.45) is 1.05. The summed E-state index contributed by atoms with van der Waals surface area (Å²) >= 11 is 0. The number of carbonyl (C=O) groups excluding carboxylic acids is 1. The summed E-state index contributed by atoms with van der Waals surface area (Å²) < 4.78 is 13.8. The maximum absolute atomic E-state index is 9.50. The van der Waals surface area contributed by atoms with Gasteiger partial charge in [0.25, 0.3) is 0 Å². The number of rotatable bonds is 4. The topological polar surface area (TPSA) is 43.4 Å². The molecular weight excluding hydrogens is 115 g/mol. The van der Waals surface area contributed by atoms with Crippen LogP contribution in [-0.4, -0.2) is 12.9 Å². The van der Waals surface area contributed by atoms with Crippen LogP contribution in [0.1, 0.15) is 6.42 Å². The minimum Gasteiger partial charge on any atom is -0.303 e. The normalized spacial score (nSPS) is 9.14. The zero-order valence-corrected chi connectivity index (χ0v) is 4.72. The van der Waals surface area contributed by atoms with Gasteiger partial charge in [0.05, 0.1) is 0 Å². The molecule has 1 atom stereocenters. The van der Waals surface area contributed by atoms with Gasteiger partial charge in [-0.15, -0.1) is 4.52 Å². The first kappa shape index (κ1) is 6.73. The molecule has 0 aliphatic heterocycles. The van der Waals surface area contributed by atoms with Crippen molar-refractivity contribution in [3.8, 4) is 0 Å². The third kappa shape index (κ3) is 5.73. The van der Waals surface area contributed by atoms with Crippen molar-refractivity contribution in [3.05, 3.63) is 0 Å². The Bertz CT molecular complexity index is 55.2. The molecule has 7 heavy (non-hydrogen) atoms. The number of carbonyl (C=O) groups is 1. The van der Waals surface area contributed by atoms with Crippen molar-refractivity contribution in [2.45, 2.75) is 6.42 Å². The highest BCUT2D eigenvalue weighted by molar-refractivity contribution is 7.17. The molecule has 4 heteroatoms. The third-order valence-corrected chi connectivity index (χ3v) is 0.719. The van der Waals surface area contributed by atoms with Gasteiger partial charge in [-0.1, -0.05) is 0 Å². The lowest BCUT2D eigenvalue weighted by atomic mass is 10.5. The molecule has 3 nitrogen and oxygen atoms in total. The zero-order valence-electron chi connectivity index (χ0n) is 3.72. The smallest absolute Gasteiger partial charge is 0.303 e. The monoisotopic (exact) mass is 121 g/mol. The van der Waals surface area contributed by atoms with E-state index in [1.807, 2.05) is 0 Å². The van der Waals surface area contributed by atoms with Gasteiger partial charge in [-0.2, -0.15) is 0 Å². The van der Waals surface area contributed by atoms with E-state index in [0.29, 0.717) is 6.42 Å². The molecular formula is C3H6O3P+. The molecule has 0 saturated heterocycles. The number of hydrogen-bond donors (Lipinski definition) is 0. The van der Waals surface area contributed by atoms with Crippen LogP contribution in [0.5, 0.6) is 0 Å². The van der Waals surface area contributed by atoms with Crippen LogP contribution in [0.15, 0.2) is 0 Å². The Morgan fingerprint density at radius 1 is 1.71 bits per heavy atom. The third-order valence-electron chi connectivity index (χ3n) is 0.397. The molecule has 0 radical (unpaired) electrons. The molecule has 0 heterocycles. The lowest BCUT2D eigenvalue weighted by Gasteiger charge is -1.73. The largest absolute Gasteiger partial charge is 0.494 e. The molecule has 0 amide bonds. The first-order valence-electron chi connectivity index (χ1n) is 1.84. The lowest BCUT2D eigenvalue weighted by molar-refractivity contribution is -0.108. The van der Waals surface area contributed by atoms with Crippen LogP contribution in [0, 0.1) is 0 Å². The Balaban J connectivity index is 2.68. The second kappa shape index (κ2) is 5.73.